The summed E-state index contributed by atoms with van der Waals surface area (Å²) in [5.74, 6) is -2.68. The van der Waals surface area contributed by atoms with Gasteiger partial charge in [0.25, 0.3) is 0 Å². The van der Waals surface area contributed by atoms with E-state index in [1.54, 1.807) is 6.08 Å². The fraction of sp³-hybridized carbons (Fsp3) is 0.286. The van der Waals surface area contributed by atoms with Crippen LogP contribution in [0.3, 0.4) is 0 Å². The lowest BCUT2D eigenvalue weighted by molar-refractivity contribution is -0.119. The van der Waals surface area contributed by atoms with Crippen molar-refractivity contribution in [2.75, 3.05) is 19.8 Å². The van der Waals surface area contributed by atoms with Crippen LogP contribution in [0.1, 0.15) is 5.56 Å². The minimum atomic E-state index is -3.45. The second-order valence-electron chi connectivity index (χ2n) is 7.10. The summed E-state index contributed by atoms with van der Waals surface area (Å²) in [6, 6.07) is 3.37. The van der Waals surface area contributed by atoms with E-state index in [2.05, 4.69) is 5.32 Å². The van der Waals surface area contributed by atoms with Gasteiger partial charge < -0.3 is 15.6 Å². The fourth-order valence-electron chi connectivity index (χ4n) is 3.39. The summed E-state index contributed by atoms with van der Waals surface area (Å²) < 4.78 is 45.3. The summed E-state index contributed by atoms with van der Waals surface area (Å²) in [6.07, 6.45) is 8.29. The van der Waals surface area contributed by atoms with Crippen molar-refractivity contribution in [1.82, 2.24) is 5.32 Å². The van der Waals surface area contributed by atoms with E-state index >= 15 is 0 Å². The molecule has 0 spiro atoms. The van der Waals surface area contributed by atoms with Crippen LogP contribution in [0.2, 0.25) is 0 Å². The molecule has 1 aliphatic carbocycles. The van der Waals surface area contributed by atoms with Gasteiger partial charge in [0.2, 0.25) is 13.3 Å². The molecule has 31 heavy (non-hydrogen) atoms. The molecule has 1 aliphatic heterocycles. The van der Waals surface area contributed by atoms with E-state index in [-0.39, 0.29) is 24.3 Å². The molecular weight excluding hydrogens is 465 g/mol. The van der Waals surface area contributed by atoms with Gasteiger partial charge in [0.15, 0.2) is 11.6 Å². The van der Waals surface area contributed by atoms with Crippen LogP contribution in [0.4, 0.5) is 8.78 Å². The number of hydrogen-bond acceptors (Lipinski definition) is 5. The zero-order chi connectivity index (χ0) is 22.6. The summed E-state index contributed by atoms with van der Waals surface area (Å²) in [7, 11) is -3.45. The molecule has 4 atom stereocenters. The number of nitrogens with one attached hydrogen (secondary N) is 1. The predicted octanol–water partition coefficient (Wildman–Crippen LogP) is 4.61. The first-order valence-corrected chi connectivity index (χ1v) is 12.9. The molecule has 2 aliphatic rings. The normalized spacial score (nSPS) is 23.1. The SMILES string of the molecule is CP(=O)(OCCN)C(C(=O)N/C=C/c1ccc(F)c(F)c1)C1=CSC2C=CC(Cl)=CC12. The average molecular weight is 487 g/mol. The largest absolute Gasteiger partial charge is 0.332 e. The lowest BCUT2D eigenvalue weighted by atomic mass is 9.90. The monoisotopic (exact) mass is 486 g/mol. The van der Waals surface area contributed by atoms with Gasteiger partial charge in [-0.05, 0) is 40.8 Å². The van der Waals surface area contributed by atoms with E-state index in [4.69, 9.17) is 21.9 Å². The Morgan fingerprint density at radius 2 is 2.19 bits per heavy atom. The van der Waals surface area contributed by atoms with Crippen LogP contribution in [-0.4, -0.2) is 36.6 Å². The Labute approximate surface area is 188 Å². The van der Waals surface area contributed by atoms with Crippen LogP contribution >= 0.6 is 30.7 Å². The van der Waals surface area contributed by atoms with E-state index in [9.17, 15) is 18.1 Å². The van der Waals surface area contributed by atoms with Gasteiger partial charge in [0, 0.05) is 35.6 Å². The number of carbonyl (C=O) groups excluding carboxylic acids is 1. The van der Waals surface area contributed by atoms with Crippen molar-refractivity contribution in [3.05, 3.63) is 75.8 Å². The maximum absolute atomic E-state index is 13.4. The molecule has 0 bridgehead atoms. The van der Waals surface area contributed by atoms with Crippen molar-refractivity contribution < 1.29 is 22.7 Å². The molecule has 4 unspecified atom stereocenters. The molecule has 1 heterocycles. The number of nitrogens with two attached hydrogens (primary N) is 1. The van der Waals surface area contributed by atoms with Crippen molar-refractivity contribution in [2.45, 2.75) is 10.9 Å². The highest BCUT2D eigenvalue weighted by molar-refractivity contribution is 8.03. The van der Waals surface area contributed by atoms with Gasteiger partial charge in [-0.3, -0.25) is 9.36 Å². The van der Waals surface area contributed by atoms with E-state index in [0.29, 0.717) is 16.2 Å². The molecule has 1 amide bonds. The summed E-state index contributed by atoms with van der Waals surface area (Å²) in [4.78, 5) is 13.1. The Hall–Kier alpha value is -1.70. The fourth-order valence-corrected chi connectivity index (χ4v) is 6.78. The minimum Gasteiger partial charge on any atom is -0.332 e. The molecule has 1 aromatic carbocycles. The second-order valence-corrected chi connectivity index (χ2v) is 11.2. The summed E-state index contributed by atoms with van der Waals surface area (Å²) >= 11 is 7.68. The highest BCUT2D eigenvalue weighted by Crippen LogP contribution is 2.56. The van der Waals surface area contributed by atoms with Crippen molar-refractivity contribution in [2.24, 2.45) is 11.7 Å². The molecule has 10 heteroatoms. The quantitative estimate of drug-likeness (QED) is 0.524. The summed E-state index contributed by atoms with van der Waals surface area (Å²) in [5, 5.41) is 5.02. The van der Waals surface area contributed by atoms with Crippen LogP contribution in [0.15, 0.2) is 58.6 Å². The number of fused-ring (bicyclic) bond motifs is 1. The molecule has 3 rings (SSSR count). The summed E-state index contributed by atoms with van der Waals surface area (Å²) in [5.41, 5.74) is 5.45. The number of benzene rings is 1. The Kier molecular flexibility index (Phi) is 7.94. The molecule has 1 aromatic rings. The molecular formula is C21H22ClF2N2O3PS. The minimum absolute atomic E-state index is 0.0489. The number of hydrogen-bond donors (Lipinski definition) is 2. The Bertz CT molecular complexity index is 1030. The Morgan fingerprint density at radius 1 is 1.42 bits per heavy atom. The molecule has 0 aromatic heterocycles. The number of carbonyl (C=O) groups is 1. The van der Waals surface area contributed by atoms with Crippen LogP contribution in [0, 0.1) is 17.6 Å². The smallest absolute Gasteiger partial charge is 0.240 e. The molecule has 0 saturated carbocycles. The van der Waals surface area contributed by atoms with Gasteiger partial charge >= 0.3 is 0 Å². The van der Waals surface area contributed by atoms with Gasteiger partial charge in [-0.2, -0.15) is 0 Å². The highest BCUT2D eigenvalue weighted by atomic mass is 35.5. The van der Waals surface area contributed by atoms with Crippen LogP contribution in [0.5, 0.6) is 0 Å². The van der Waals surface area contributed by atoms with Crippen LogP contribution < -0.4 is 11.1 Å². The van der Waals surface area contributed by atoms with E-state index in [0.717, 1.165) is 12.1 Å². The molecule has 0 saturated heterocycles. The third-order valence-electron chi connectivity index (χ3n) is 4.83. The zero-order valence-electron chi connectivity index (χ0n) is 16.6. The Morgan fingerprint density at radius 3 is 2.90 bits per heavy atom. The third-order valence-corrected chi connectivity index (χ3v) is 8.42. The van der Waals surface area contributed by atoms with Gasteiger partial charge in [0.1, 0.15) is 5.66 Å². The van der Waals surface area contributed by atoms with Crippen molar-refractivity contribution in [1.29, 1.82) is 0 Å². The molecule has 0 radical (unpaired) electrons. The van der Waals surface area contributed by atoms with Crippen LogP contribution in [0.25, 0.3) is 6.08 Å². The maximum Gasteiger partial charge on any atom is 0.240 e. The number of amides is 1. The summed E-state index contributed by atoms with van der Waals surface area (Å²) in [6.45, 7) is 1.62. The third kappa shape index (κ3) is 5.76. The number of thioether (sulfide) groups is 1. The first-order chi connectivity index (χ1) is 14.7. The number of rotatable bonds is 8. The van der Waals surface area contributed by atoms with Crippen LogP contribution in [-0.2, 0) is 13.9 Å². The van der Waals surface area contributed by atoms with Crippen molar-refractivity contribution >= 4 is 42.7 Å². The van der Waals surface area contributed by atoms with Gasteiger partial charge in [0.05, 0.1) is 6.61 Å². The van der Waals surface area contributed by atoms with Gasteiger partial charge in [-0.25, -0.2) is 8.78 Å². The predicted molar refractivity (Wildman–Crippen MR) is 122 cm³/mol. The molecule has 166 valence electrons. The topological polar surface area (TPSA) is 81.4 Å². The molecule has 3 N–H and O–H groups in total. The first-order valence-electron chi connectivity index (χ1n) is 9.47. The average Bonchev–Trinajstić information content (AvgIpc) is 3.11. The highest BCUT2D eigenvalue weighted by Gasteiger charge is 2.44. The number of halogens is 3. The molecule has 0 fully saturated rings. The maximum atomic E-state index is 13.4. The Balaban J connectivity index is 1.83. The molecule has 5 nitrogen and oxygen atoms in total. The second kappa shape index (κ2) is 10.3. The van der Waals surface area contributed by atoms with Crippen molar-refractivity contribution in [3.63, 3.8) is 0 Å². The number of allylic oxidation sites excluding steroid dienone is 3. The van der Waals surface area contributed by atoms with Gasteiger partial charge in [-0.1, -0.05) is 29.8 Å². The van der Waals surface area contributed by atoms with Crippen molar-refractivity contribution in [3.8, 4) is 0 Å². The van der Waals surface area contributed by atoms with E-state index in [1.165, 1.54) is 36.8 Å². The standard InChI is InChI=1S/C21H22ClF2N2O3PS/c1-30(28,29-9-7-25)20(16-12-31-19-5-3-14(22)11-15(16)19)21(27)26-8-6-13-2-4-17(23)18(24)10-13/h2-6,8,10-12,15,19-20H,7,9,25H2,1H3,(H,26,27)/b8-6+. The zero-order valence-corrected chi connectivity index (χ0v) is 19.1. The lowest BCUT2D eigenvalue weighted by Gasteiger charge is -2.28. The van der Waals surface area contributed by atoms with E-state index in [1.807, 2.05) is 17.6 Å². The first kappa shape index (κ1) is 24.0. The lowest BCUT2D eigenvalue weighted by Crippen LogP contribution is -2.36. The van der Waals surface area contributed by atoms with E-state index < -0.39 is 30.6 Å². The van der Waals surface area contributed by atoms with Gasteiger partial charge in [-0.15, -0.1) is 11.8 Å².